The third-order valence-corrected chi connectivity index (χ3v) is 4.20. The van der Waals surface area contributed by atoms with Gasteiger partial charge in [-0.2, -0.15) is 0 Å². The summed E-state index contributed by atoms with van der Waals surface area (Å²) in [6, 6.07) is 1.55. The van der Waals surface area contributed by atoms with Crippen LogP contribution in [0.2, 0.25) is 0 Å². The lowest BCUT2D eigenvalue weighted by Gasteiger charge is -2.22. The number of hydrogen-bond donors (Lipinski definition) is 1. The van der Waals surface area contributed by atoms with Crippen LogP contribution >= 0.6 is 0 Å². The second kappa shape index (κ2) is 9.29. The van der Waals surface area contributed by atoms with Gasteiger partial charge in [-0.05, 0) is 12.3 Å². The topological polar surface area (TPSA) is 84.7 Å². The fourth-order valence-corrected chi connectivity index (χ4v) is 2.91. The van der Waals surface area contributed by atoms with Crippen molar-refractivity contribution in [2.45, 2.75) is 38.5 Å². The smallest absolute Gasteiger partial charge is 0.245 e. The van der Waals surface area contributed by atoms with Gasteiger partial charge in [0.25, 0.3) is 0 Å². The SMILES string of the molecule is COCCN(CC(=O)Nc1ccon1)C(=O)CCC1CCCC1. The van der Waals surface area contributed by atoms with Crippen molar-refractivity contribution in [3.8, 4) is 0 Å². The molecular weight excluding hydrogens is 298 g/mol. The molecule has 7 nitrogen and oxygen atoms in total. The molecule has 0 bridgehead atoms. The van der Waals surface area contributed by atoms with Crippen molar-refractivity contribution in [1.29, 1.82) is 0 Å². The number of ether oxygens (including phenoxy) is 1. The number of methoxy groups -OCH3 is 1. The molecule has 1 aliphatic carbocycles. The Morgan fingerprint density at radius 1 is 1.43 bits per heavy atom. The molecule has 0 saturated heterocycles. The molecule has 2 amide bonds. The quantitative estimate of drug-likeness (QED) is 0.752. The predicted molar refractivity (Wildman–Crippen MR) is 84.8 cm³/mol. The van der Waals surface area contributed by atoms with Crippen LogP contribution in [-0.2, 0) is 14.3 Å². The normalized spacial score (nSPS) is 14.8. The molecule has 0 radical (unpaired) electrons. The minimum atomic E-state index is -0.288. The van der Waals surface area contributed by atoms with Gasteiger partial charge in [-0.3, -0.25) is 9.59 Å². The number of aromatic nitrogens is 1. The van der Waals surface area contributed by atoms with Crippen LogP contribution in [0.3, 0.4) is 0 Å². The summed E-state index contributed by atoms with van der Waals surface area (Å²) in [6.45, 7) is 0.818. The maximum absolute atomic E-state index is 12.4. The summed E-state index contributed by atoms with van der Waals surface area (Å²) in [5, 5.41) is 6.23. The number of rotatable bonds is 9. The molecule has 23 heavy (non-hydrogen) atoms. The number of hydrogen-bond acceptors (Lipinski definition) is 5. The molecule has 1 saturated carbocycles. The van der Waals surface area contributed by atoms with E-state index in [0.29, 0.717) is 31.3 Å². The zero-order valence-electron chi connectivity index (χ0n) is 13.6. The van der Waals surface area contributed by atoms with Crippen LogP contribution in [0, 0.1) is 5.92 Å². The Hall–Kier alpha value is -1.89. The fraction of sp³-hybridized carbons (Fsp3) is 0.688. The van der Waals surface area contributed by atoms with Crippen LogP contribution in [0.25, 0.3) is 0 Å². The van der Waals surface area contributed by atoms with E-state index in [1.807, 2.05) is 0 Å². The lowest BCUT2D eigenvalue weighted by Crippen LogP contribution is -2.40. The molecule has 0 aliphatic heterocycles. The lowest BCUT2D eigenvalue weighted by atomic mass is 10.0. The van der Waals surface area contributed by atoms with E-state index in [1.54, 1.807) is 18.1 Å². The standard InChI is InChI=1S/C16H25N3O4/c1-22-11-9-19(12-15(20)17-14-8-10-23-18-14)16(21)7-6-13-4-2-3-5-13/h8,10,13H,2-7,9,11-12H2,1H3,(H,17,18,20). The van der Waals surface area contributed by atoms with Gasteiger partial charge in [0.1, 0.15) is 6.26 Å². The Morgan fingerprint density at radius 2 is 2.22 bits per heavy atom. The molecule has 1 aliphatic rings. The molecule has 0 unspecified atom stereocenters. The zero-order chi connectivity index (χ0) is 16.5. The van der Waals surface area contributed by atoms with Crippen molar-refractivity contribution in [2.24, 2.45) is 5.92 Å². The van der Waals surface area contributed by atoms with Gasteiger partial charge in [0, 0.05) is 26.1 Å². The van der Waals surface area contributed by atoms with Gasteiger partial charge in [-0.15, -0.1) is 0 Å². The summed E-state index contributed by atoms with van der Waals surface area (Å²) in [5.41, 5.74) is 0. The van der Waals surface area contributed by atoms with Gasteiger partial charge in [-0.25, -0.2) is 0 Å². The number of anilines is 1. The van der Waals surface area contributed by atoms with E-state index in [1.165, 1.54) is 31.9 Å². The monoisotopic (exact) mass is 323 g/mol. The first-order chi connectivity index (χ1) is 11.2. The highest BCUT2D eigenvalue weighted by atomic mass is 16.5. The zero-order valence-corrected chi connectivity index (χ0v) is 13.6. The van der Waals surface area contributed by atoms with E-state index in [4.69, 9.17) is 4.74 Å². The molecule has 0 spiro atoms. The van der Waals surface area contributed by atoms with Gasteiger partial charge in [0.2, 0.25) is 11.8 Å². The molecule has 128 valence electrons. The molecule has 1 aromatic heterocycles. The van der Waals surface area contributed by atoms with Crippen LogP contribution in [0.5, 0.6) is 0 Å². The van der Waals surface area contributed by atoms with Gasteiger partial charge in [0.05, 0.1) is 13.2 Å². The van der Waals surface area contributed by atoms with Crippen LogP contribution in [-0.4, -0.2) is 48.7 Å². The number of carbonyl (C=O) groups excluding carboxylic acids is 2. The average Bonchev–Trinajstić information content (AvgIpc) is 3.22. The van der Waals surface area contributed by atoms with Crippen LogP contribution in [0.4, 0.5) is 5.82 Å². The highest BCUT2D eigenvalue weighted by Crippen LogP contribution is 2.28. The maximum atomic E-state index is 12.4. The summed E-state index contributed by atoms with van der Waals surface area (Å²) in [4.78, 5) is 26.0. The van der Waals surface area contributed by atoms with Gasteiger partial charge < -0.3 is 19.5 Å². The Kier molecular flexibility index (Phi) is 7.06. The fourth-order valence-electron chi connectivity index (χ4n) is 2.91. The largest absolute Gasteiger partial charge is 0.383 e. The lowest BCUT2D eigenvalue weighted by molar-refractivity contribution is -0.135. The third kappa shape index (κ3) is 6.02. The van der Waals surface area contributed by atoms with Crippen molar-refractivity contribution in [3.63, 3.8) is 0 Å². The van der Waals surface area contributed by atoms with Crippen LogP contribution in [0.1, 0.15) is 38.5 Å². The van der Waals surface area contributed by atoms with E-state index >= 15 is 0 Å². The molecule has 0 atom stereocenters. The van der Waals surface area contributed by atoms with E-state index in [-0.39, 0.29) is 18.4 Å². The van der Waals surface area contributed by atoms with Crippen LogP contribution in [0.15, 0.2) is 16.9 Å². The highest BCUT2D eigenvalue weighted by Gasteiger charge is 2.21. The Balaban J connectivity index is 1.81. The number of nitrogens with one attached hydrogen (secondary N) is 1. The van der Waals surface area contributed by atoms with E-state index < -0.39 is 0 Å². The molecule has 1 N–H and O–H groups in total. The second-order valence-corrected chi connectivity index (χ2v) is 5.93. The maximum Gasteiger partial charge on any atom is 0.245 e. The summed E-state index contributed by atoms with van der Waals surface area (Å²) >= 11 is 0. The first-order valence-corrected chi connectivity index (χ1v) is 8.16. The highest BCUT2D eigenvalue weighted by molar-refractivity contribution is 5.93. The molecule has 0 aromatic carbocycles. The number of amides is 2. The first kappa shape index (κ1) is 17.5. The minimum Gasteiger partial charge on any atom is -0.383 e. The molecular formula is C16H25N3O4. The van der Waals surface area contributed by atoms with Crippen molar-refractivity contribution >= 4 is 17.6 Å². The summed E-state index contributed by atoms with van der Waals surface area (Å²) in [6.07, 6.45) is 7.76. The molecule has 2 rings (SSSR count). The van der Waals surface area contributed by atoms with E-state index in [2.05, 4.69) is 15.0 Å². The number of carbonyl (C=O) groups is 2. The molecule has 7 heteroatoms. The van der Waals surface area contributed by atoms with Crippen molar-refractivity contribution in [1.82, 2.24) is 10.1 Å². The Morgan fingerprint density at radius 3 is 2.87 bits per heavy atom. The van der Waals surface area contributed by atoms with Gasteiger partial charge in [0.15, 0.2) is 5.82 Å². The van der Waals surface area contributed by atoms with E-state index in [0.717, 1.165) is 6.42 Å². The Bertz CT molecular complexity index is 484. The van der Waals surface area contributed by atoms with Crippen molar-refractivity contribution in [3.05, 3.63) is 12.3 Å². The molecule has 1 aromatic rings. The summed E-state index contributed by atoms with van der Waals surface area (Å²) < 4.78 is 9.70. The summed E-state index contributed by atoms with van der Waals surface area (Å²) in [5.74, 6) is 0.723. The van der Waals surface area contributed by atoms with Gasteiger partial charge >= 0.3 is 0 Å². The van der Waals surface area contributed by atoms with Crippen LogP contribution < -0.4 is 5.32 Å². The first-order valence-electron chi connectivity index (χ1n) is 8.16. The minimum absolute atomic E-state index is 0.000278. The molecule has 1 heterocycles. The van der Waals surface area contributed by atoms with E-state index in [9.17, 15) is 9.59 Å². The third-order valence-electron chi connectivity index (χ3n) is 4.20. The Labute approximate surface area is 136 Å². The van der Waals surface area contributed by atoms with Crippen molar-refractivity contribution < 1.29 is 18.8 Å². The average molecular weight is 323 g/mol. The summed E-state index contributed by atoms with van der Waals surface area (Å²) in [7, 11) is 1.58. The van der Waals surface area contributed by atoms with Crippen molar-refractivity contribution in [2.75, 3.05) is 32.1 Å². The predicted octanol–water partition coefficient (Wildman–Crippen LogP) is 2.06. The molecule has 1 fully saturated rings. The second-order valence-electron chi connectivity index (χ2n) is 5.93. The number of nitrogens with zero attached hydrogens (tertiary/aromatic N) is 2. The van der Waals surface area contributed by atoms with Gasteiger partial charge in [-0.1, -0.05) is 30.8 Å².